The van der Waals surface area contributed by atoms with Gasteiger partial charge in [0, 0.05) is 12.3 Å². The number of ether oxygens (including phenoxy) is 1. The van der Waals surface area contributed by atoms with Crippen LogP contribution >= 0.6 is 0 Å². The van der Waals surface area contributed by atoms with Crippen LogP contribution in [0.15, 0.2) is 11.6 Å². The Morgan fingerprint density at radius 1 is 1.07 bits per heavy atom. The Labute approximate surface area is 163 Å². The van der Waals surface area contributed by atoms with Crippen molar-refractivity contribution in [3.8, 4) is 0 Å². The molecule has 8 atom stereocenters. The maximum absolute atomic E-state index is 11.8. The fourth-order valence-corrected chi connectivity index (χ4v) is 7.69. The molecular formula is C23H36O4. The van der Waals surface area contributed by atoms with Gasteiger partial charge in [0.15, 0.2) is 0 Å². The maximum atomic E-state index is 11.8. The highest BCUT2D eigenvalue weighted by molar-refractivity contribution is 5.66. The molecule has 4 rings (SSSR count). The minimum absolute atomic E-state index is 0.0773. The van der Waals surface area contributed by atoms with Gasteiger partial charge in [-0.15, -0.1) is 0 Å². The van der Waals surface area contributed by atoms with Crippen LogP contribution in [0.4, 0.5) is 0 Å². The fraction of sp³-hybridized carbons (Fsp3) is 0.870. The van der Waals surface area contributed by atoms with Crippen molar-refractivity contribution >= 4 is 5.97 Å². The quantitative estimate of drug-likeness (QED) is 0.536. The lowest BCUT2D eigenvalue weighted by Gasteiger charge is -2.62. The van der Waals surface area contributed by atoms with Gasteiger partial charge in [0.2, 0.25) is 0 Å². The lowest BCUT2D eigenvalue weighted by molar-refractivity contribution is -0.187. The van der Waals surface area contributed by atoms with E-state index in [9.17, 15) is 15.0 Å². The van der Waals surface area contributed by atoms with Crippen molar-refractivity contribution in [2.24, 2.45) is 28.6 Å². The largest absolute Gasteiger partial charge is 0.459 e. The van der Waals surface area contributed by atoms with E-state index in [1.807, 2.05) is 6.92 Å². The van der Waals surface area contributed by atoms with Crippen molar-refractivity contribution in [1.82, 2.24) is 0 Å². The molecule has 2 N–H and O–H groups in total. The first-order valence-corrected chi connectivity index (χ1v) is 10.8. The molecule has 4 aliphatic carbocycles. The van der Waals surface area contributed by atoms with Crippen molar-refractivity contribution in [3.63, 3.8) is 0 Å². The molecule has 0 amide bonds. The average molecular weight is 377 g/mol. The third-order valence-corrected chi connectivity index (χ3v) is 9.32. The summed E-state index contributed by atoms with van der Waals surface area (Å²) in [6.07, 6.45) is 8.32. The third kappa shape index (κ3) is 2.58. The lowest BCUT2D eigenvalue weighted by Crippen LogP contribution is -2.60. The smallest absolute Gasteiger partial charge is 0.303 e. The standard InChI is InChI=1S/C23H36O4/c1-14(24)27-23(5)11-8-18-19-17(7-10-21(18,23)3)20(2)9-6-16(25)12-15(20)13-22(19,4)26/h13,16-19,25-26H,6-12H2,1-5H3. The summed E-state index contributed by atoms with van der Waals surface area (Å²) in [4.78, 5) is 11.8. The number of aliphatic hydroxyl groups is 2. The minimum Gasteiger partial charge on any atom is -0.459 e. The van der Waals surface area contributed by atoms with E-state index < -0.39 is 11.2 Å². The van der Waals surface area contributed by atoms with Gasteiger partial charge in [-0.25, -0.2) is 0 Å². The predicted octanol–water partition coefficient (Wildman–Crippen LogP) is 3.99. The second-order valence-electron chi connectivity index (χ2n) is 10.8. The molecule has 27 heavy (non-hydrogen) atoms. The molecule has 152 valence electrons. The van der Waals surface area contributed by atoms with Crippen molar-refractivity contribution in [2.45, 2.75) is 96.9 Å². The Morgan fingerprint density at radius 3 is 2.41 bits per heavy atom. The summed E-state index contributed by atoms with van der Waals surface area (Å²) in [6.45, 7) is 10.2. The molecule has 0 aromatic carbocycles. The van der Waals surface area contributed by atoms with E-state index >= 15 is 0 Å². The van der Waals surface area contributed by atoms with Crippen LogP contribution < -0.4 is 0 Å². The first-order chi connectivity index (χ1) is 12.4. The molecule has 0 saturated heterocycles. The minimum atomic E-state index is -0.871. The molecule has 3 fully saturated rings. The molecule has 3 saturated carbocycles. The first-order valence-electron chi connectivity index (χ1n) is 10.8. The molecule has 0 bridgehead atoms. The number of rotatable bonds is 1. The number of hydrogen-bond acceptors (Lipinski definition) is 4. The third-order valence-electron chi connectivity index (χ3n) is 9.32. The summed E-state index contributed by atoms with van der Waals surface area (Å²) in [5.74, 6) is 0.750. The Morgan fingerprint density at radius 2 is 1.74 bits per heavy atom. The van der Waals surface area contributed by atoms with E-state index in [4.69, 9.17) is 4.74 Å². The first kappa shape index (κ1) is 19.4. The van der Waals surface area contributed by atoms with E-state index in [0.717, 1.165) is 38.5 Å². The number of esters is 1. The topological polar surface area (TPSA) is 66.8 Å². The molecule has 0 spiro atoms. The van der Waals surface area contributed by atoms with Gasteiger partial charge in [0.1, 0.15) is 5.60 Å². The maximum Gasteiger partial charge on any atom is 0.303 e. The Balaban J connectivity index is 1.75. The molecule has 0 aromatic rings. The molecule has 4 nitrogen and oxygen atoms in total. The van der Waals surface area contributed by atoms with Crippen LogP contribution in [-0.4, -0.2) is 33.5 Å². The zero-order valence-corrected chi connectivity index (χ0v) is 17.5. The Hall–Kier alpha value is -0.870. The van der Waals surface area contributed by atoms with Gasteiger partial charge in [-0.05, 0) is 82.0 Å². The van der Waals surface area contributed by atoms with Gasteiger partial charge in [0.25, 0.3) is 0 Å². The van der Waals surface area contributed by atoms with Crippen LogP contribution in [0.3, 0.4) is 0 Å². The van der Waals surface area contributed by atoms with E-state index in [1.165, 1.54) is 12.5 Å². The second-order valence-corrected chi connectivity index (χ2v) is 10.8. The van der Waals surface area contributed by atoms with Crippen molar-refractivity contribution in [1.29, 1.82) is 0 Å². The molecule has 4 aliphatic rings. The van der Waals surface area contributed by atoms with E-state index in [2.05, 4.69) is 26.8 Å². The number of hydrogen-bond donors (Lipinski definition) is 2. The lowest BCUT2D eigenvalue weighted by atomic mass is 9.44. The number of fused-ring (bicyclic) bond motifs is 5. The molecule has 8 unspecified atom stereocenters. The SMILES string of the molecule is CC(=O)OC1(C)CCC2C3C(CCC21C)C1(C)CCC(O)CC1=CC3(C)O. The second kappa shape index (κ2) is 5.82. The monoisotopic (exact) mass is 376 g/mol. The van der Waals surface area contributed by atoms with Crippen LogP contribution in [0.1, 0.15) is 79.6 Å². The highest BCUT2D eigenvalue weighted by Crippen LogP contribution is 2.69. The molecule has 4 heteroatoms. The van der Waals surface area contributed by atoms with Crippen LogP contribution in [0, 0.1) is 28.6 Å². The van der Waals surface area contributed by atoms with E-state index in [-0.39, 0.29) is 28.8 Å². The molecule has 0 radical (unpaired) electrons. The van der Waals surface area contributed by atoms with Gasteiger partial charge in [0.05, 0.1) is 11.7 Å². The highest BCUT2D eigenvalue weighted by Gasteiger charge is 2.67. The summed E-state index contributed by atoms with van der Waals surface area (Å²) < 4.78 is 5.90. The van der Waals surface area contributed by atoms with E-state index in [1.54, 1.807) is 0 Å². The van der Waals surface area contributed by atoms with Crippen molar-refractivity contribution in [3.05, 3.63) is 11.6 Å². The summed E-state index contributed by atoms with van der Waals surface area (Å²) in [7, 11) is 0. The van der Waals surface area contributed by atoms with Crippen molar-refractivity contribution in [2.75, 3.05) is 0 Å². The van der Waals surface area contributed by atoms with Crippen LogP contribution in [0.2, 0.25) is 0 Å². The van der Waals surface area contributed by atoms with Crippen LogP contribution in [-0.2, 0) is 9.53 Å². The summed E-state index contributed by atoms with van der Waals surface area (Å²) >= 11 is 0. The Kier molecular flexibility index (Phi) is 4.19. The number of aliphatic hydroxyl groups excluding tert-OH is 1. The van der Waals surface area contributed by atoms with Crippen LogP contribution in [0.5, 0.6) is 0 Å². The van der Waals surface area contributed by atoms with Gasteiger partial charge >= 0.3 is 5.97 Å². The van der Waals surface area contributed by atoms with Gasteiger partial charge < -0.3 is 14.9 Å². The zero-order valence-electron chi connectivity index (χ0n) is 17.5. The highest BCUT2D eigenvalue weighted by atomic mass is 16.6. The fourth-order valence-electron chi connectivity index (χ4n) is 7.69. The van der Waals surface area contributed by atoms with Gasteiger partial charge in [-0.1, -0.05) is 25.5 Å². The summed E-state index contributed by atoms with van der Waals surface area (Å²) in [5, 5.41) is 21.8. The van der Waals surface area contributed by atoms with Gasteiger partial charge in [-0.3, -0.25) is 4.79 Å². The summed E-state index contributed by atoms with van der Waals surface area (Å²) in [5.41, 5.74) is -0.0761. The molecule has 0 aromatic heterocycles. The van der Waals surface area contributed by atoms with Gasteiger partial charge in [-0.2, -0.15) is 0 Å². The number of carbonyl (C=O) groups excluding carboxylic acids is 1. The van der Waals surface area contributed by atoms with E-state index in [0.29, 0.717) is 18.3 Å². The molecule has 0 heterocycles. The molecular weight excluding hydrogens is 340 g/mol. The van der Waals surface area contributed by atoms with Crippen molar-refractivity contribution < 1.29 is 19.7 Å². The van der Waals surface area contributed by atoms with Crippen LogP contribution in [0.25, 0.3) is 0 Å². The number of carbonyl (C=O) groups is 1. The normalized spacial score (nSPS) is 54.4. The summed E-state index contributed by atoms with van der Waals surface area (Å²) in [6, 6.07) is 0. The Bertz CT molecular complexity index is 682. The predicted molar refractivity (Wildman–Crippen MR) is 104 cm³/mol. The molecule has 0 aliphatic heterocycles. The zero-order chi connectivity index (χ0) is 19.8. The average Bonchev–Trinajstić information content (AvgIpc) is 2.80.